The summed E-state index contributed by atoms with van der Waals surface area (Å²) in [4.78, 5) is 25.6. The largest absolute Gasteiger partial charge is 0.486 e. The first-order valence-corrected chi connectivity index (χ1v) is 11.9. The van der Waals surface area contributed by atoms with Crippen LogP contribution in [0, 0.1) is 12.7 Å². The Balaban J connectivity index is 1.39. The van der Waals surface area contributed by atoms with E-state index in [0.717, 1.165) is 0 Å². The Labute approximate surface area is 209 Å². The fraction of sp³-hybridized carbons (Fsp3) is 0.217. The Kier molecular flexibility index (Phi) is 7.27. The molecule has 4 aromatic rings. The van der Waals surface area contributed by atoms with Gasteiger partial charge in [-0.2, -0.15) is 0 Å². The van der Waals surface area contributed by atoms with E-state index in [9.17, 15) is 14.0 Å². The lowest BCUT2D eigenvalue weighted by Crippen LogP contribution is -2.23. The van der Waals surface area contributed by atoms with Gasteiger partial charge >= 0.3 is 0 Å². The number of hydrogen-bond donors (Lipinski definition) is 1. The number of carbonyl (C=O) groups is 1. The Hall–Kier alpha value is -3.57. The standard InChI is InChI=1S/C23H22ClFN6O3S/c1-14-21(22(33)31(30(14)3)15-7-5-4-6-8-15)26-20(32)13-35-23-28-27-19(29(23)2)12-34-16-9-10-18(25)17(24)11-16/h4-11H,12-13H2,1-3H3,(H,26,32). The lowest BCUT2D eigenvalue weighted by molar-refractivity contribution is -0.113. The van der Waals surface area contributed by atoms with Crippen molar-refractivity contribution in [1.82, 2.24) is 24.1 Å². The van der Waals surface area contributed by atoms with Crippen molar-refractivity contribution in [3.8, 4) is 11.4 Å². The molecule has 2 aromatic heterocycles. The van der Waals surface area contributed by atoms with E-state index in [1.165, 1.54) is 34.6 Å². The SMILES string of the molecule is Cc1c(NC(=O)CSc2nnc(COc3ccc(F)c(Cl)c3)n2C)c(=O)n(-c2ccccc2)n1C. The van der Waals surface area contributed by atoms with Gasteiger partial charge in [-0.15, -0.1) is 10.2 Å². The molecule has 0 bridgehead atoms. The van der Waals surface area contributed by atoms with Crippen LogP contribution in [0.25, 0.3) is 5.69 Å². The van der Waals surface area contributed by atoms with Gasteiger partial charge in [0.05, 0.1) is 22.2 Å². The number of benzene rings is 2. The van der Waals surface area contributed by atoms with E-state index in [4.69, 9.17) is 16.3 Å². The highest BCUT2D eigenvalue weighted by atomic mass is 35.5. The molecule has 0 aliphatic rings. The van der Waals surface area contributed by atoms with Gasteiger partial charge in [-0.05, 0) is 31.2 Å². The maximum Gasteiger partial charge on any atom is 0.295 e. The molecule has 0 saturated heterocycles. The first kappa shape index (κ1) is 24.6. The summed E-state index contributed by atoms with van der Waals surface area (Å²) in [5, 5.41) is 11.4. The zero-order valence-corrected chi connectivity index (χ0v) is 20.7. The third-order valence-corrected chi connectivity index (χ3v) is 6.64. The van der Waals surface area contributed by atoms with Crippen LogP contribution in [0.1, 0.15) is 11.5 Å². The van der Waals surface area contributed by atoms with Gasteiger partial charge in [-0.3, -0.25) is 14.3 Å². The maximum atomic E-state index is 13.3. The van der Waals surface area contributed by atoms with E-state index in [1.807, 2.05) is 30.3 Å². The summed E-state index contributed by atoms with van der Waals surface area (Å²) in [6.45, 7) is 1.85. The maximum absolute atomic E-state index is 13.3. The van der Waals surface area contributed by atoms with E-state index in [1.54, 1.807) is 30.3 Å². The molecule has 0 aliphatic carbocycles. The highest BCUT2D eigenvalue weighted by Crippen LogP contribution is 2.23. The average Bonchev–Trinajstić information content (AvgIpc) is 3.30. The molecule has 4 rings (SSSR count). The van der Waals surface area contributed by atoms with Gasteiger partial charge < -0.3 is 14.6 Å². The quantitative estimate of drug-likeness (QED) is 0.359. The summed E-state index contributed by atoms with van der Waals surface area (Å²) in [6.07, 6.45) is 0. The molecule has 0 fully saturated rings. The smallest absolute Gasteiger partial charge is 0.295 e. The molecule has 1 N–H and O–H groups in total. The number of aromatic nitrogens is 5. The number of ether oxygens (including phenoxy) is 1. The van der Waals surface area contributed by atoms with Gasteiger partial charge in [0, 0.05) is 20.2 Å². The first-order valence-electron chi connectivity index (χ1n) is 10.5. The number of halogens is 2. The third-order valence-electron chi connectivity index (χ3n) is 5.34. The molecule has 9 nitrogen and oxygen atoms in total. The van der Waals surface area contributed by atoms with Gasteiger partial charge in [0.2, 0.25) is 5.91 Å². The monoisotopic (exact) mass is 516 g/mol. The normalized spacial score (nSPS) is 11.0. The minimum absolute atomic E-state index is 0.0273. The third kappa shape index (κ3) is 5.25. The predicted molar refractivity (Wildman–Crippen MR) is 132 cm³/mol. The van der Waals surface area contributed by atoms with Crippen LogP contribution in [-0.2, 0) is 25.5 Å². The van der Waals surface area contributed by atoms with Gasteiger partial charge in [0.1, 0.15) is 23.9 Å². The molecule has 0 unspecified atom stereocenters. The summed E-state index contributed by atoms with van der Waals surface area (Å²) in [7, 11) is 3.51. The predicted octanol–water partition coefficient (Wildman–Crippen LogP) is 3.72. The molecule has 0 radical (unpaired) electrons. The van der Waals surface area contributed by atoms with Crippen LogP contribution < -0.4 is 15.6 Å². The van der Waals surface area contributed by atoms with Crippen LogP contribution in [0.4, 0.5) is 10.1 Å². The molecule has 0 atom stereocenters. The number of carbonyl (C=O) groups excluding carboxylic acids is 1. The summed E-state index contributed by atoms with van der Waals surface area (Å²) in [5.41, 5.74) is 1.26. The van der Waals surface area contributed by atoms with E-state index in [0.29, 0.717) is 28.1 Å². The minimum Gasteiger partial charge on any atom is -0.486 e. The second-order valence-electron chi connectivity index (χ2n) is 7.60. The Morgan fingerprint density at radius 3 is 2.63 bits per heavy atom. The lowest BCUT2D eigenvalue weighted by Gasteiger charge is -2.07. The lowest BCUT2D eigenvalue weighted by atomic mass is 10.3. The van der Waals surface area contributed by atoms with Crippen LogP contribution in [0.2, 0.25) is 5.02 Å². The molecule has 0 aliphatic heterocycles. The van der Waals surface area contributed by atoms with Gasteiger partial charge in [-0.25, -0.2) is 9.07 Å². The average molecular weight is 517 g/mol. The van der Waals surface area contributed by atoms with Crippen LogP contribution in [0.5, 0.6) is 5.75 Å². The number of hydrogen-bond acceptors (Lipinski definition) is 6. The number of nitrogens with one attached hydrogen (secondary N) is 1. The Bertz CT molecular complexity index is 1430. The molecule has 35 heavy (non-hydrogen) atoms. The molecular weight excluding hydrogens is 495 g/mol. The molecule has 12 heteroatoms. The van der Waals surface area contributed by atoms with Crippen molar-refractivity contribution >= 4 is 35.0 Å². The van der Waals surface area contributed by atoms with Crippen molar-refractivity contribution in [1.29, 1.82) is 0 Å². The highest BCUT2D eigenvalue weighted by Gasteiger charge is 2.19. The summed E-state index contributed by atoms with van der Waals surface area (Å²) < 4.78 is 23.8. The second-order valence-corrected chi connectivity index (χ2v) is 8.95. The Morgan fingerprint density at radius 2 is 1.91 bits per heavy atom. The van der Waals surface area contributed by atoms with E-state index >= 15 is 0 Å². The van der Waals surface area contributed by atoms with Crippen molar-refractivity contribution in [3.05, 3.63) is 81.2 Å². The number of rotatable bonds is 8. The number of thioether (sulfide) groups is 1. The van der Waals surface area contributed by atoms with E-state index in [2.05, 4.69) is 15.5 Å². The molecular formula is C23H22ClFN6O3S. The van der Waals surface area contributed by atoms with Crippen LogP contribution in [0.3, 0.4) is 0 Å². The molecule has 182 valence electrons. The topological polar surface area (TPSA) is 96.0 Å². The van der Waals surface area contributed by atoms with Crippen LogP contribution in [-0.4, -0.2) is 35.8 Å². The highest BCUT2D eigenvalue weighted by molar-refractivity contribution is 7.99. The molecule has 0 spiro atoms. The number of anilines is 1. The van der Waals surface area contributed by atoms with E-state index in [-0.39, 0.29) is 34.5 Å². The number of amides is 1. The minimum atomic E-state index is -0.528. The summed E-state index contributed by atoms with van der Waals surface area (Å²) >= 11 is 6.94. The zero-order valence-electron chi connectivity index (χ0n) is 19.2. The molecule has 2 heterocycles. The first-order chi connectivity index (χ1) is 16.8. The fourth-order valence-corrected chi connectivity index (χ4v) is 4.23. The van der Waals surface area contributed by atoms with Gasteiger partial charge in [0.25, 0.3) is 5.56 Å². The second kappa shape index (κ2) is 10.4. The van der Waals surface area contributed by atoms with Crippen molar-refractivity contribution in [2.24, 2.45) is 14.1 Å². The van der Waals surface area contributed by atoms with Crippen LogP contribution in [0.15, 0.2) is 58.5 Å². The van der Waals surface area contributed by atoms with E-state index < -0.39 is 5.82 Å². The van der Waals surface area contributed by atoms with Crippen molar-refractivity contribution in [2.75, 3.05) is 11.1 Å². The fourth-order valence-electron chi connectivity index (χ4n) is 3.33. The van der Waals surface area contributed by atoms with Crippen molar-refractivity contribution in [3.63, 3.8) is 0 Å². The number of para-hydroxylation sites is 1. The Morgan fingerprint density at radius 1 is 1.17 bits per heavy atom. The van der Waals surface area contributed by atoms with Gasteiger partial charge in [-0.1, -0.05) is 41.6 Å². The molecule has 1 amide bonds. The van der Waals surface area contributed by atoms with Crippen molar-refractivity contribution < 1.29 is 13.9 Å². The molecule has 0 saturated carbocycles. The zero-order chi connectivity index (χ0) is 25.1. The summed E-state index contributed by atoms with van der Waals surface area (Å²) in [6, 6.07) is 13.3. The number of nitrogens with zero attached hydrogens (tertiary/aromatic N) is 5. The molecule has 2 aromatic carbocycles. The summed E-state index contributed by atoms with van der Waals surface area (Å²) in [5.74, 6) is 0.0620. The van der Waals surface area contributed by atoms with Crippen LogP contribution >= 0.6 is 23.4 Å². The van der Waals surface area contributed by atoms with Crippen molar-refractivity contribution in [2.45, 2.75) is 18.7 Å². The van der Waals surface area contributed by atoms with Gasteiger partial charge in [0.15, 0.2) is 11.0 Å².